The number of methoxy groups -OCH3 is 1. The first-order valence-corrected chi connectivity index (χ1v) is 6.68. The van der Waals surface area contributed by atoms with E-state index in [1.54, 1.807) is 7.11 Å². The quantitative estimate of drug-likeness (QED) is 0.719. The van der Waals surface area contributed by atoms with Crippen molar-refractivity contribution in [3.8, 4) is 0 Å². The highest BCUT2D eigenvalue weighted by Crippen LogP contribution is 2.49. The van der Waals surface area contributed by atoms with Crippen LogP contribution in [0, 0.1) is 16.2 Å². The van der Waals surface area contributed by atoms with Crippen LogP contribution in [0.3, 0.4) is 0 Å². The van der Waals surface area contributed by atoms with E-state index in [4.69, 9.17) is 4.74 Å². The summed E-state index contributed by atoms with van der Waals surface area (Å²) in [6.07, 6.45) is 3.09. The van der Waals surface area contributed by atoms with Gasteiger partial charge in [-0.05, 0) is 35.5 Å². The predicted molar refractivity (Wildman–Crippen MR) is 74.2 cm³/mol. The van der Waals surface area contributed by atoms with Crippen molar-refractivity contribution in [2.24, 2.45) is 16.2 Å². The summed E-state index contributed by atoms with van der Waals surface area (Å²) in [6, 6.07) is 0. The Balaban J connectivity index is 4.89. The maximum Gasteiger partial charge on any atom is 0.0492 e. The lowest BCUT2D eigenvalue weighted by Gasteiger charge is -2.47. The molecule has 0 aliphatic heterocycles. The zero-order valence-electron chi connectivity index (χ0n) is 12.9. The molecule has 1 unspecified atom stereocenters. The van der Waals surface area contributed by atoms with Crippen LogP contribution in [0.15, 0.2) is 0 Å². The lowest BCUT2D eigenvalue weighted by Crippen LogP contribution is -2.42. The Labute approximate surface area is 108 Å². The van der Waals surface area contributed by atoms with E-state index in [-0.39, 0.29) is 22.9 Å². The Morgan fingerprint density at radius 2 is 1.53 bits per heavy atom. The Bertz CT molecular complexity index is 210. The van der Waals surface area contributed by atoms with Crippen molar-refractivity contribution >= 4 is 0 Å². The fourth-order valence-corrected chi connectivity index (χ4v) is 2.67. The SMILES string of the molecule is COCCCC(CO)(CC(C)(C)C)C(C)(C)C. The summed E-state index contributed by atoms with van der Waals surface area (Å²) in [6.45, 7) is 14.5. The normalized spacial score (nSPS) is 16.9. The van der Waals surface area contributed by atoms with Gasteiger partial charge >= 0.3 is 0 Å². The van der Waals surface area contributed by atoms with Gasteiger partial charge < -0.3 is 9.84 Å². The second kappa shape index (κ2) is 6.19. The molecule has 0 aliphatic carbocycles. The van der Waals surface area contributed by atoms with Crippen LogP contribution in [0.25, 0.3) is 0 Å². The van der Waals surface area contributed by atoms with Gasteiger partial charge in [0.15, 0.2) is 0 Å². The van der Waals surface area contributed by atoms with Crippen LogP contribution >= 0.6 is 0 Å². The second-order valence-corrected chi connectivity index (χ2v) is 7.52. The summed E-state index contributed by atoms with van der Waals surface area (Å²) < 4.78 is 5.14. The molecule has 0 aromatic heterocycles. The summed E-state index contributed by atoms with van der Waals surface area (Å²) in [5.74, 6) is 0. The highest BCUT2D eigenvalue weighted by molar-refractivity contribution is 4.92. The van der Waals surface area contributed by atoms with Gasteiger partial charge in [0.1, 0.15) is 0 Å². The second-order valence-electron chi connectivity index (χ2n) is 7.52. The largest absolute Gasteiger partial charge is 0.396 e. The molecular weight excluding hydrogens is 212 g/mol. The maximum absolute atomic E-state index is 9.93. The third kappa shape index (κ3) is 5.39. The lowest BCUT2D eigenvalue weighted by atomic mass is 9.58. The first-order valence-electron chi connectivity index (χ1n) is 6.68. The van der Waals surface area contributed by atoms with Crippen molar-refractivity contribution < 1.29 is 9.84 Å². The Morgan fingerprint density at radius 3 is 1.82 bits per heavy atom. The molecule has 1 atom stereocenters. The topological polar surface area (TPSA) is 29.5 Å². The number of hydrogen-bond acceptors (Lipinski definition) is 2. The van der Waals surface area contributed by atoms with Gasteiger partial charge in [0.25, 0.3) is 0 Å². The van der Waals surface area contributed by atoms with Crippen LogP contribution in [0.1, 0.15) is 60.8 Å². The minimum absolute atomic E-state index is 0.0101. The van der Waals surface area contributed by atoms with Crippen molar-refractivity contribution in [2.75, 3.05) is 20.3 Å². The van der Waals surface area contributed by atoms with Gasteiger partial charge in [0, 0.05) is 20.3 Å². The average Bonchev–Trinajstić information content (AvgIpc) is 2.12. The van der Waals surface area contributed by atoms with Crippen LogP contribution in [0.2, 0.25) is 0 Å². The van der Waals surface area contributed by atoms with Crippen molar-refractivity contribution in [1.29, 1.82) is 0 Å². The maximum atomic E-state index is 9.93. The summed E-state index contributed by atoms with van der Waals surface area (Å²) >= 11 is 0. The summed E-state index contributed by atoms with van der Waals surface area (Å²) in [5.41, 5.74) is 0.343. The molecule has 0 aliphatic rings. The molecule has 0 saturated heterocycles. The standard InChI is InChI=1S/C15H32O2/c1-13(2,3)11-15(12-16,14(4,5)6)9-8-10-17-7/h16H,8-12H2,1-7H3. The zero-order chi connectivity index (χ0) is 13.7. The number of aliphatic hydroxyl groups is 1. The summed E-state index contributed by atoms with van der Waals surface area (Å²) in [4.78, 5) is 0. The van der Waals surface area contributed by atoms with Crippen LogP contribution in [-0.4, -0.2) is 25.4 Å². The molecule has 0 bridgehead atoms. The monoisotopic (exact) mass is 244 g/mol. The van der Waals surface area contributed by atoms with Crippen molar-refractivity contribution in [3.63, 3.8) is 0 Å². The fraction of sp³-hybridized carbons (Fsp3) is 1.00. The van der Waals surface area contributed by atoms with E-state index in [2.05, 4.69) is 41.5 Å². The third-order valence-corrected chi connectivity index (χ3v) is 3.77. The van der Waals surface area contributed by atoms with Crippen molar-refractivity contribution in [3.05, 3.63) is 0 Å². The lowest BCUT2D eigenvalue weighted by molar-refractivity contribution is -0.0320. The molecule has 104 valence electrons. The van der Waals surface area contributed by atoms with Crippen LogP contribution in [-0.2, 0) is 4.74 Å². The van der Waals surface area contributed by atoms with Gasteiger partial charge in [-0.15, -0.1) is 0 Å². The van der Waals surface area contributed by atoms with Crippen LogP contribution < -0.4 is 0 Å². The van der Waals surface area contributed by atoms with Crippen molar-refractivity contribution in [2.45, 2.75) is 60.8 Å². The molecule has 0 amide bonds. The molecular formula is C15H32O2. The van der Waals surface area contributed by atoms with E-state index < -0.39 is 0 Å². The number of rotatable bonds is 6. The number of hydrogen-bond donors (Lipinski definition) is 1. The third-order valence-electron chi connectivity index (χ3n) is 3.77. The van der Waals surface area contributed by atoms with E-state index in [0.29, 0.717) is 0 Å². The average molecular weight is 244 g/mol. The van der Waals surface area contributed by atoms with Gasteiger partial charge in [-0.25, -0.2) is 0 Å². The first-order chi connectivity index (χ1) is 7.58. The van der Waals surface area contributed by atoms with E-state index in [1.165, 1.54) is 0 Å². The highest BCUT2D eigenvalue weighted by atomic mass is 16.5. The zero-order valence-corrected chi connectivity index (χ0v) is 12.9. The fourth-order valence-electron chi connectivity index (χ4n) is 2.67. The number of ether oxygens (including phenoxy) is 1. The molecule has 2 heteroatoms. The first kappa shape index (κ1) is 16.9. The Kier molecular flexibility index (Phi) is 6.16. The smallest absolute Gasteiger partial charge is 0.0492 e. The summed E-state index contributed by atoms with van der Waals surface area (Å²) in [7, 11) is 1.74. The molecule has 0 heterocycles. The summed E-state index contributed by atoms with van der Waals surface area (Å²) in [5, 5.41) is 9.93. The minimum Gasteiger partial charge on any atom is -0.396 e. The van der Waals surface area contributed by atoms with Gasteiger partial charge in [0.05, 0.1) is 0 Å². The van der Waals surface area contributed by atoms with Crippen LogP contribution in [0.4, 0.5) is 0 Å². The molecule has 0 fully saturated rings. The highest BCUT2D eigenvalue weighted by Gasteiger charge is 2.43. The molecule has 1 N–H and O–H groups in total. The van der Waals surface area contributed by atoms with Crippen molar-refractivity contribution in [1.82, 2.24) is 0 Å². The van der Waals surface area contributed by atoms with Gasteiger partial charge in [-0.1, -0.05) is 41.5 Å². The molecule has 0 aromatic rings. The molecule has 0 radical (unpaired) electrons. The van der Waals surface area contributed by atoms with Gasteiger partial charge in [-0.3, -0.25) is 0 Å². The predicted octanol–water partition coefficient (Wildman–Crippen LogP) is 3.87. The van der Waals surface area contributed by atoms with Gasteiger partial charge in [-0.2, -0.15) is 0 Å². The molecule has 0 spiro atoms. The molecule has 0 rings (SSSR count). The van der Waals surface area contributed by atoms with E-state index in [1.807, 2.05) is 0 Å². The van der Waals surface area contributed by atoms with E-state index >= 15 is 0 Å². The van der Waals surface area contributed by atoms with Gasteiger partial charge in [0.2, 0.25) is 0 Å². The molecule has 17 heavy (non-hydrogen) atoms. The Morgan fingerprint density at radius 1 is 1.00 bits per heavy atom. The molecule has 2 nitrogen and oxygen atoms in total. The molecule has 0 saturated carbocycles. The van der Waals surface area contributed by atoms with Crippen LogP contribution in [0.5, 0.6) is 0 Å². The number of aliphatic hydroxyl groups excluding tert-OH is 1. The van der Waals surface area contributed by atoms with E-state index in [0.717, 1.165) is 25.9 Å². The molecule has 0 aromatic carbocycles. The Hall–Kier alpha value is -0.0800. The minimum atomic E-state index is -0.0101. The van der Waals surface area contributed by atoms with E-state index in [9.17, 15) is 5.11 Å².